The Morgan fingerprint density at radius 2 is 1.97 bits per heavy atom. The van der Waals surface area contributed by atoms with Crippen LogP contribution in [-0.4, -0.2) is 66.3 Å². The van der Waals surface area contributed by atoms with Crippen LogP contribution in [0.1, 0.15) is 60.2 Å². The second kappa shape index (κ2) is 10.4. The average molecular weight is 445 g/mol. The summed E-state index contributed by atoms with van der Waals surface area (Å²) in [5, 5.41) is 4.92. The van der Waals surface area contributed by atoms with E-state index in [4.69, 9.17) is 9.47 Å². The lowest BCUT2D eigenvalue weighted by Gasteiger charge is -2.27. The number of benzene rings is 1. The summed E-state index contributed by atoms with van der Waals surface area (Å²) in [5.41, 5.74) is 0.302. The van der Waals surface area contributed by atoms with Gasteiger partial charge in [0.25, 0.3) is 11.8 Å². The number of carbonyl (C=O) groups excluding carboxylic acids is 5. The van der Waals surface area contributed by atoms with Crippen molar-refractivity contribution >= 4 is 29.5 Å². The number of hydrogen-bond acceptors (Lipinski definition) is 7. The molecule has 0 radical (unpaired) electrons. The van der Waals surface area contributed by atoms with Crippen molar-refractivity contribution in [2.75, 3.05) is 19.8 Å². The molecule has 2 aliphatic heterocycles. The van der Waals surface area contributed by atoms with Crippen LogP contribution in [0.25, 0.3) is 0 Å². The van der Waals surface area contributed by atoms with E-state index >= 15 is 0 Å². The van der Waals surface area contributed by atoms with E-state index in [1.165, 1.54) is 6.07 Å². The van der Waals surface area contributed by atoms with Crippen LogP contribution < -0.4 is 15.4 Å². The third-order valence-corrected chi connectivity index (χ3v) is 5.13. The van der Waals surface area contributed by atoms with Gasteiger partial charge in [0.15, 0.2) is 0 Å². The lowest BCUT2D eigenvalue weighted by molar-refractivity contribution is -0.136. The van der Waals surface area contributed by atoms with Crippen LogP contribution in [0.2, 0.25) is 0 Å². The summed E-state index contributed by atoms with van der Waals surface area (Å²) in [6.45, 7) is 4.48. The number of nitrogens with one attached hydrogen (secondary N) is 2. The van der Waals surface area contributed by atoms with Crippen LogP contribution in [0.3, 0.4) is 0 Å². The molecular formula is C22H27N3O7. The Balaban J connectivity index is 1.53. The number of amides is 5. The highest BCUT2D eigenvalue weighted by Crippen LogP contribution is 2.33. The lowest BCUT2D eigenvalue weighted by Crippen LogP contribution is -2.54. The standard InChI is InChI=1S/C22H27N3O7/c1-13(2)32-12-18(27)23-10-3-4-11-31-16-7-5-6-14-19(16)22(30)25(21(14)29)15-8-9-17(26)24-20(15)28/h5-7,13,15H,3-4,8-12H2,1-2H3,(H,23,27)(H,24,26,28). The maximum absolute atomic E-state index is 13.0. The molecule has 172 valence electrons. The van der Waals surface area contributed by atoms with E-state index in [2.05, 4.69) is 10.6 Å². The van der Waals surface area contributed by atoms with Gasteiger partial charge in [0, 0.05) is 13.0 Å². The Bertz CT molecular complexity index is 928. The molecule has 2 heterocycles. The Hall–Kier alpha value is -3.27. The first-order chi connectivity index (χ1) is 15.3. The van der Waals surface area contributed by atoms with Crippen molar-refractivity contribution in [3.05, 3.63) is 29.3 Å². The molecule has 3 rings (SSSR count). The van der Waals surface area contributed by atoms with Crippen LogP contribution in [0.4, 0.5) is 0 Å². The molecule has 1 unspecified atom stereocenters. The molecule has 10 nitrogen and oxygen atoms in total. The Labute approximate surface area is 185 Å². The molecule has 1 aromatic carbocycles. The molecule has 10 heteroatoms. The van der Waals surface area contributed by atoms with E-state index in [-0.39, 0.29) is 54.9 Å². The van der Waals surface area contributed by atoms with Crippen molar-refractivity contribution < 1.29 is 33.4 Å². The monoisotopic (exact) mass is 445 g/mol. The number of unbranched alkanes of at least 4 members (excludes halogenated alkanes) is 1. The number of ether oxygens (including phenoxy) is 2. The highest BCUT2D eigenvalue weighted by atomic mass is 16.5. The van der Waals surface area contributed by atoms with Crippen molar-refractivity contribution in [3.8, 4) is 5.75 Å². The third-order valence-electron chi connectivity index (χ3n) is 5.13. The molecule has 0 aliphatic carbocycles. The van der Waals surface area contributed by atoms with E-state index in [0.717, 1.165) is 4.90 Å². The van der Waals surface area contributed by atoms with Crippen molar-refractivity contribution in [2.45, 2.75) is 51.7 Å². The lowest BCUT2D eigenvalue weighted by atomic mass is 10.0. The SMILES string of the molecule is CC(C)OCC(=O)NCCCCOc1cccc2c1C(=O)N(C1CCC(=O)NC1=O)C2=O. The van der Waals surface area contributed by atoms with Gasteiger partial charge in [-0.1, -0.05) is 6.07 Å². The first-order valence-electron chi connectivity index (χ1n) is 10.6. The predicted octanol–water partition coefficient (Wildman–Crippen LogP) is 0.788. The summed E-state index contributed by atoms with van der Waals surface area (Å²) >= 11 is 0. The minimum absolute atomic E-state index is 0.0118. The quantitative estimate of drug-likeness (QED) is 0.402. The van der Waals surface area contributed by atoms with Gasteiger partial charge in [-0.3, -0.25) is 34.2 Å². The summed E-state index contributed by atoms with van der Waals surface area (Å²) in [4.78, 5) is 61.8. The molecule has 0 saturated carbocycles. The molecule has 0 spiro atoms. The van der Waals surface area contributed by atoms with Crippen LogP contribution in [0.15, 0.2) is 18.2 Å². The summed E-state index contributed by atoms with van der Waals surface area (Å²) in [7, 11) is 0. The van der Waals surface area contributed by atoms with E-state index in [9.17, 15) is 24.0 Å². The second-order valence-electron chi connectivity index (χ2n) is 7.89. The number of imide groups is 2. The van der Waals surface area contributed by atoms with Gasteiger partial charge < -0.3 is 14.8 Å². The second-order valence-corrected chi connectivity index (χ2v) is 7.89. The van der Waals surface area contributed by atoms with Gasteiger partial charge in [-0.05, 0) is 45.2 Å². The first kappa shape index (κ1) is 23.4. The molecule has 32 heavy (non-hydrogen) atoms. The van der Waals surface area contributed by atoms with Crippen molar-refractivity contribution in [1.82, 2.24) is 15.5 Å². The minimum atomic E-state index is -1.02. The Morgan fingerprint density at radius 1 is 1.19 bits per heavy atom. The van der Waals surface area contributed by atoms with Crippen molar-refractivity contribution in [3.63, 3.8) is 0 Å². The molecule has 1 aromatic rings. The van der Waals surface area contributed by atoms with Crippen LogP contribution in [0.5, 0.6) is 5.75 Å². The Kier molecular flexibility index (Phi) is 7.57. The Morgan fingerprint density at radius 3 is 2.69 bits per heavy atom. The van der Waals surface area contributed by atoms with Crippen LogP contribution in [0, 0.1) is 0 Å². The molecule has 2 aliphatic rings. The van der Waals surface area contributed by atoms with E-state index < -0.39 is 29.7 Å². The predicted molar refractivity (Wildman–Crippen MR) is 112 cm³/mol. The fraction of sp³-hybridized carbons (Fsp3) is 0.500. The van der Waals surface area contributed by atoms with Crippen LogP contribution >= 0.6 is 0 Å². The molecule has 1 fully saturated rings. The normalized spacial score (nSPS) is 18.1. The molecule has 2 N–H and O–H groups in total. The van der Waals surface area contributed by atoms with E-state index in [0.29, 0.717) is 19.4 Å². The maximum atomic E-state index is 13.0. The zero-order valence-electron chi connectivity index (χ0n) is 18.1. The number of fused-ring (bicyclic) bond motifs is 1. The van der Waals surface area contributed by atoms with Gasteiger partial charge in [0.1, 0.15) is 18.4 Å². The van der Waals surface area contributed by atoms with E-state index in [1.807, 2.05) is 13.8 Å². The highest BCUT2D eigenvalue weighted by Gasteiger charge is 2.45. The van der Waals surface area contributed by atoms with Crippen molar-refractivity contribution in [1.29, 1.82) is 0 Å². The molecule has 0 aromatic heterocycles. The minimum Gasteiger partial charge on any atom is -0.493 e. The number of carbonyl (C=O) groups is 5. The number of piperidine rings is 1. The number of nitrogens with zero attached hydrogens (tertiary/aromatic N) is 1. The molecule has 5 amide bonds. The van der Waals surface area contributed by atoms with Crippen molar-refractivity contribution in [2.24, 2.45) is 0 Å². The fourth-order valence-electron chi connectivity index (χ4n) is 3.53. The molecular weight excluding hydrogens is 418 g/mol. The summed E-state index contributed by atoms with van der Waals surface area (Å²) in [6.07, 6.45) is 1.43. The zero-order chi connectivity index (χ0) is 23.3. The average Bonchev–Trinajstić information content (AvgIpc) is 3.00. The van der Waals surface area contributed by atoms with Crippen LogP contribution in [-0.2, 0) is 19.1 Å². The first-order valence-corrected chi connectivity index (χ1v) is 10.6. The molecule has 1 saturated heterocycles. The fourth-order valence-corrected chi connectivity index (χ4v) is 3.53. The van der Waals surface area contributed by atoms with Gasteiger partial charge in [-0.2, -0.15) is 0 Å². The van der Waals surface area contributed by atoms with Gasteiger partial charge in [0.05, 0.1) is 23.8 Å². The molecule has 0 bridgehead atoms. The zero-order valence-corrected chi connectivity index (χ0v) is 18.1. The van der Waals surface area contributed by atoms with Gasteiger partial charge in [-0.25, -0.2) is 0 Å². The summed E-state index contributed by atoms with van der Waals surface area (Å²) in [5.74, 6) is -2.17. The van der Waals surface area contributed by atoms with Gasteiger partial charge >= 0.3 is 0 Å². The highest BCUT2D eigenvalue weighted by molar-refractivity contribution is 6.24. The maximum Gasteiger partial charge on any atom is 0.266 e. The summed E-state index contributed by atoms with van der Waals surface area (Å²) in [6, 6.07) is 3.71. The van der Waals surface area contributed by atoms with E-state index in [1.54, 1.807) is 12.1 Å². The number of rotatable bonds is 10. The smallest absolute Gasteiger partial charge is 0.266 e. The largest absolute Gasteiger partial charge is 0.493 e. The van der Waals surface area contributed by atoms with Gasteiger partial charge in [0.2, 0.25) is 17.7 Å². The molecule has 1 atom stereocenters. The number of hydrogen-bond donors (Lipinski definition) is 2. The van der Waals surface area contributed by atoms with Gasteiger partial charge in [-0.15, -0.1) is 0 Å². The topological polar surface area (TPSA) is 131 Å². The summed E-state index contributed by atoms with van der Waals surface area (Å²) < 4.78 is 11.0. The third kappa shape index (κ3) is 5.31.